The number of amides is 1. The van der Waals surface area contributed by atoms with Gasteiger partial charge in [0.1, 0.15) is 0 Å². The maximum absolute atomic E-state index is 12.5. The van der Waals surface area contributed by atoms with Crippen LogP contribution < -0.4 is 5.73 Å². The minimum Gasteiger partial charge on any atom is -0.339 e. The highest BCUT2D eigenvalue weighted by Crippen LogP contribution is 2.43. The first kappa shape index (κ1) is 15.3. The van der Waals surface area contributed by atoms with Crippen LogP contribution >= 0.6 is 11.6 Å². The number of carbonyl (C=O) groups excluding carboxylic acids is 1. The van der Waals surface area contributed by atoms with Crippen molar-refractivity contribution >= 4 is 17.5 Å². The molecule has 20 heavy (non-hydrogen) atoms. The maximum atomic E-state index is 12.5. The van der Waals surface area contributed by atoms with Gasteiger partial charge in [0, 0.05) is 18.5 Å². The van der Waals surface area contributed by atoms with E-state index >= 15 is 0 Å². The van der Waals surface area contributed by atoms with E-state index in [1.165, 1.54) is 6.42 Å². The molecule has 1 aromatic rings. The van der Waals surface area contributed by atoms with Gasteiger partial charge in [0.25, 0.3) is 0 Å². The zero-order valence-electron chi connectivity index (χ0n) is 12.2. The SMILES string of the molecule is CC(c1ccccc1Cl)N(C)C(=O)CC1(CN)CCC1. The fraction of sp³-hybridized carbons (Fsp3) is 0.562. The molecule has 1 amide bonds. The summed E-state index contributed by atoms with van der Waals surface area (Å²) in [5, 5.41) is 0.705. The molecule has 1 atom stereocenters. The van der Waals surface area contributed by atoms with Gasteiger partial charge in [-0.25, -0.2) is 0 Å². The molecule has 0 spiro atoms. The fourth-order valence-electron chi connectivity index (χ4n) is 2.81. The van der Waals surface area contributed by atoms with Crippen molar-refractivity contribution in [3.63, 3.8) is 0 Å². The van der Waals surface area contributed by atoms with Gasteiger partial charge in [0.15, 0.2) is 0 Å². The van der Waals surface area contributed by atoms with Crippen molar-refractivity contribution in [2.45, 2.75) is 38.6 Å². The van der Waals surface area contributed by atoms with E-state index in [-0.39, 0.29) is 17.4 Å². The maximum Gasteiger partial charge on any atom is 0.223 e. The van der Waals surface area contributed by atoms with Crippen LogP contribution in [0.25, 0.3) is 0 Å². The van der Waals surface area contributed by atoms with Gasteiger partial charge in [0.05, 0.1) is 6.04 Å². The number of halogens is 1. The Hall–Kier alpha value is -1.06. The topological polar surface area (TPSA) is 46.3 Å². The number of nitrogens with zero attached hydrogens (tertiary/aromatic N) is 1. The lowest BCUT2D eigenvalue weighted by atomic mass is 9.66. The molecule has 4 heteroatoms. The molecular weight excluding hydrogens is 272 g/mol. The first-order valence-electron chi connectivity index (χ1n) is 7.19. The molecule has 110 valence electrons. The normalized spacial score (nSPS) is 18.2. The summed E-state index contributed by atoms with van der Waals surface area (Å²) in [5.74, 6) is 0.155. The summed E-state index contributed by atoms with van der Waals surface area (Å²) in [6.45, 7) is 2.61. The minimum absolute atomic E-state index is 0.0221. The van der Waals surface area contributed by atoms with E-state index in [0.717, 1.165) is 18.4 Å². The van der Waals surface area contributed by atoms with Gasteiger partial charge >= 0.3 is 0 Å². The molecule has 0 aliphatic heterocycles. The average molecular weight is 295 g/mol. The van der Waals surface area contributed by atoms with E-state index in [1.54, 1.807) is 4.90 Å². The average Bonchev–Trinajstić information content (AvgIpc) is 2.41. The Labute approximate surface area is 126 Å². The third-order valence-electron chi connectivity index (χ3n) is 4.70. The third-order valence-corrected chi connectivity index (χ3v) is 5.05. The zero-order chi connectivity index (χ0) is 14.8. The Bertz CT molecular complexity index is 480. The quantitative estimate of drug-likeness (QED) is 0.905. The minimum atomic E-state index is -0.0221. The van der Waals surface area contributed by atoms with Crippen molar-refractivity contribution in [2.75, 3.05) is 13.6 Å². The Morgan fingerprint density at radius 1 is 1.45 bits per heavy atom. The van der Waals surface area contributed by atoms with Crippen LogP contribution in [-0.2, 0) is 4.79 Å². The second-order valence-electron chi connectivity index (χ2n) is 5.94. The fourth-order valence-corrected chi connectivity index (χ4v) is 3.11. The largest absolute Gasteiger partial charge is 0.339 e. The lowest BCUT2D eigenvalue weighted by molar-refractivity contribution is -0.135. The first-order chi connectivity index (χ1) is 9.49. The lowest BCUT2D eigenvalue weighted by Gasteiger charge is -2.41. The van der Waals surface area contributed by atoms with Crippen molar-refractivity contribution in [2.24, 2.45) is 11.1 Å². The lowest BCUT2D eigenvalue weighted by Crippen LogP contribution is -2.42. The second kappa shape index (κ2) is 6.15. The van der Waals surface area contributed by atoms with Crippen molar-refractivity contribution in [3.05, 3.63) is 34.9 Å². The van der Waals surface area contributed by atoms with E-state index in [0.29, 0.717) is 18.0 Å². The van der Waals surface area contributed by atoms with Crippen LogP contribution in [0.15, 0.2) is 24.3 Å². The van der Waals surface area contributed by atoms with E-state index in [4.69, 9.17) is 17.3 Å². The van der Waals surface area contributed by atoms with Crippen molar-refractivity contribution in [1.29, 1.82) is 0 Å². The molecule has 1 aliphatic rings. The molecule has 2 rings (SSSR count). The number of benzene rings is 1. The predicted octanol–water partition coefficient (Wildman–Crippen LogP) is 3.38. The molecule has 0 saturated heterocycles. The Balaban J connectivity index is 2.05. The molecule has 2 N–H and O–H groups in total. The first-order valence-corrected chi connectivity index (χ1v) is 7.57. The molecule has 1 fully saturated rings. The van der Waals surface area contributed by atoms with Crippen molar-refractivity contribution in [1.82, 2.24) is 4.90 Å². The Kier molecular flexibility index (Phi) is 4.71. The summed E-state index contributed by atoms with van der Waals surface area (Å²) in [7, 11) is 1.85. The van der Waals surface area contributed by atoms with Gasteiger partial charge in [-0.1, -0.05) is 36.2 Å². The van der Waals surface area contributed by atoms with E-state index in [1.807, 2.05) is 38.2 Å². The molecular formula is C16H23ClN2O. The highest BCUT2D eigenvalue weighted by molar-refractivity contribution is 6.31. The summed E-state index contributed by atoms with van der Waals surface area (Å²) < 4.78 is 0. The summed E-state index contributed by atoms with van der Waals surface area (Å²) in [5.41, 5.74) is 6.87. The number of carbonyl (C=O) groups is 1. The molecule has 0 aromatic heterocycles. The molecule has 1 unspecified atom stereocenters. The van der Waals surface area contributed by atoms with Gasteiger partial charge in [-0.15, -0.1) is 0 Å². The van der Waals surface area contributed by atoms with Crippen LogP contribution in [0.3, 0.4) is 0 Å². The van der Waals surface area contributed by atoms with Crippen LogP contribution in [0.4, 0.5) is 0 Å². The van der Waals surface area contributed by atoms with Gasteiger partial charge < -0.3 is 10.6 Å². The zero-order valence-corrected chi connectivity index (χ0v) is 13.0. The number of hydrogen-bond acceptors (Lipinski definition) is 2. The Morgan fingerprint density at radius 3 is 2.60 bits per heavy atom. The summed E-state index contributed by atoms with van der Waals surface area (Å²) in [6, 6.07) is 7.66. The van der Waals surface area contributed by atoms with Gasteiger partial charge in [-0.05, 0) is 43.4 Å². The van der Waals surface area contributed by atoms with E-state index in [2.05, 4.69) is 0 Å². The van der Waals surface area contributed by atoms with Crippen LogP contribution in [0.2, 0.25) is 5.02 Å². The summed E-state index contributed by atoms with van der Waals surface area (Å²) in [4.78, 5) is 14.3. The van der Waals surface area contributed by atoms with E-state index < -0.39 is 0 Å². The standard InChI is InChI=1S/C16H23ClN2O/c1-12(13-6-3-4-7-14(13)17)19(2)15(20)10-16(11-18)8-5-9-16/h3-4,6-7,12H,5,8-11,18H2,1-2H3. The van der Waals surface area contributed by atoms with Crippen molar-refractivity contribution < 1.29 is 4.79 Å². The van der Waals surface area contributed by atoms with Gasteiger partial charge in [0.2, 0.25) is 5.91 Å². The summed E-state index contributed by atoms with van der Waals surface area (Å²) >= 11 is 6.21. The van der Waals surface area contributed by atoms with E-state index in [9.17, 15) is 4.79 Å². The number of nitrogens with two attached hydrogens (primary N) is 1. The molecule has 0 heterocycles. The monoisotopic (exact) mass is 294 g/mol. The second-order valence-corrected chi connectivity index (χ2v) is 6.34. The molecule has 1 saturated carbocycles. The molecule has 3 nitrogen and oxygen atoms in total. The van der Waals surface area contributed by atoms with Crippen LogP contribution in [0.1, 0.15) is 44.2 Å². The molecule has 1 aromatic carbocycles. The van der Waals surface area contributed by atoms with Crippen LogP contribution in [0.5, 0.6) is 0 Å². The highest BCUT2D eigenvalue weighted by Gasteiger charge is 2.38. The predicted molar refractivity (Wildman–Crippen MR) is 82.6 cm³/mol. The van der Waals surface area contributed by atoms with Crippen LogP contribution in [-0.4, -0.2) is 24.4 Å². The molecule has 1 aliphatic carbocycles. The van der Waals surface area contributed by atoms with Crippen molar-refractivity contribution in [3.8, 4) is 0 Å². The smallest absolute Gasteiger partial charge is 0.223 e. The molecule has 0 bridgehead atoms. The number of rotatable bonds is 5. The van der Waals surface area contributed by atoms with Gasteiger partial charge in [-0.2, -0.15) is 0 Å². The van der Waals surface area contributed by atoms with Crippen LogP contribution in [0, 0.1) is 5.41 Å². The number of hydrogen-bond donors (Lipinski definition) is 1. The highest BCUT2D eigenvalue weighted by atomic mass is 35.5. The third kappa shape index (κ3) is 2.99. The summed E-state index contributed by atoms with van der Waals surface area (Å²) in [6.07, 6.45) is 3.89. The Morgan fingerprint density at radius 2 is 2.10 bits per heavy atom. The molecule has 0 radical (unpaired) electrons. The van der Waals surface area contributed by atoms with Gasteiger partial charge in [-0.3, -0.25) is 4.79 Å².